The zero-order chi connectivity index (χ0) is 11.4. The first-order chi connectivity index (χ1) is 7.78. The summed E-state index contributed by atoms with van der Waals surface area (Å²) in [5, 5.41) is 4.19. The van der Waals surface area contributed by atoms with E-state index < -0.39 is 0 Å². The SMILES string of the molecule is CCC1CCN(CCn2ccc(N)n2)CC1. The zero-order valence-corrected chi connectivity index (χ0v) is 10.1. The lowest BCUT2D eigenvalue weighted by atomic mass is 9.94. The number of likely N-dealkylation sites (tertiary alicyclic amines) is 1. The maximum atomic E-state index is 5.58. The third-order valence-corrected chi connectivity index (χ3v) is 3.59. The van der Waals surface area contributed by atoms with Crippen LogP contribution in [0.4, 0.5) is 5.82 Å². The minimum atomic E-state index is 0.615. The Labute approximate surface area is 97.4 Å². The fourth-order valence-electron chi connectivity index (χ4n) is 2.36. The molecule has 2 heterocycles. The van der Waals surface area contributed by atoms with E-state index in [2.05, 4.69) is 16.9 Å². The molecule has 16 heavy (non-hydrogen) atoms. The van der Waals surface area contributed by atoms with E-state index in [1.54, 1.807) is 0 Å². The van der Waals surface area contributed by atoms with Crippen molar-refractivity contribution in [2.24, 2.45) is 5.92 Å². The van der Waals surface area contributed by atoms with Crippen LogP contribution in [-0.2, 0) is 6.54 Å². The van der Waals surface area contributed by atoms with E-state index in [9.17, 15) is 0 Å². The van der Waals surface area contributed by atoms with Crippen LogP contribution < -0.4 is 5.73 Å². The second-order valence-corrected chi connectivity index (χ2v) is 4.70. The molecule has 0 aliphatic carbocycles. The summed E-state index contributed by atoms with van der Waals surface area (Å²) in [5.74, 6) is 1.57. The summed E-state index contributed by atoms with van der Waals surface area (Å²) < 4.78 is 1.93. The van der Waals surface area contributed by atoms with Gasteiger partial charge in [0.1, 0.15) is 5.82 Å². The average molecular weight is 222 g/mol. The Hall–Kier alpha value is -1.03. The summed E-state index contributed by atoms with van der Waals surface area (Å²) >= 11 is 0. The zero-order valence-electron chi connectivity index (χ0n) is 10.1. The molecule has 0 atom stereocenters. The summed E-state index contributed by atoms with van der Waals surface area (Å²) in [6.07, 6.45) is 6.01. The van der Waals surface area contributed by atoms with E-state index >= 15 is 0 Å². The monoisotopic (exact) mass is 222 g/mol. The van der Waals surface area contributed by atoms with Crippen LogP contribution in [0.5, 0.6) is 0 Å². The molecule has 0 spiro atoms. The van der Waals surface area contributed by atoms with Crippen LogP contribution in [0.2, 0.25) is 0 Å². The van der Waals surface area contributed by atoms with Crippen molar-refractivity contribution < 1.29 is 0 Å². The molecule has 90 valence electrons. The molecule has 1 aliphatic heterocycles. The van der Waals surface area contributed by atoms with Crippen LogP contribution in [-0.4, -0.2) is 34.3 Å². The number of anilines is 1. The minimum Gasteiger partial charge on any atom is -0.382 e. The average Bonchev–Trinajstić information content (AvgIpc) is 2.73. The molecule has 4 nitrogen and oxygen atoms in total. The fourth-order valence-corrected chi connectivity index (χ4v) is 2.36. The third-order valence-electron chi connectivity index (χ3n) is 3.59. The van der Waals surface area contributed by atoms with Crippen LogP contribution in [0.1, 0.15) is 26.2 Å². The van der Waals surface area contributed by atoms with Gasteiger partial charge in [-0.1, -0.05) is 13.3 Å². The van der Waals surface area contributed by atoms with Gasteiger partial charge in [0.25, 0.3) is 0 Å². The summed E-state index contributed by atoms with van der Waals surface area (Å²) in [4.78, 5) is 2.53. The first-order valence-electron chi connectivity index (χ1n) is 6.29. The van der Waals surface area contributed by atoms with Crippen molar-refractivity contribution in [2.45, 2.75) is 32.7 Å². The molecule has 1 fully saturated rings. The van der Waals surface area contributed by atoms with Gasteiger partial charge in [0.05, 0.1) is 6.54 Å². The molecular formula is C12H22N4. The van der Waals surface area contributed by atoms with Gasteiger partial charge >= 0.3 is 0 Å². The number of nitrogens with two attached hydrogens (primary N) is 1. The lowest BCUT2D eigenvalue weighted by molar-refractivity contribution is 0.175. The van der Waals surface area contributed by atoms with Crippen molar-refractivity contribution >= 4 is 5.82 Å². The van der Waals surface area contributed by atoms with Crippen molar-refractivity contribution in [1.82, 2.24) is 14.7 Å². The molecule has 2 N–H and O–H groups in total. The largest absolute Gasteiger partial charge is 0.382 e. The lowest BCUT2D eigenvalue weighted by Gasteiger charge is -2.31. The number of nitrogen functional groups attached to an aromatic ring is 1. The number of hydrogen-bond donors (Lipinski definition) is 1. The van der Waals surface area contributed by atoms with E-state index in [0.717, 1.165) is 19.0 Å². The Morgan fingerprint density at radius 2 is 2.12 bits per heavy atom. The first kappa shape index (κ1) is 11.5. The van der Waals surface area contributed by atoms with Gasteiger partial charge in [-0.2, -0.15) is 5.10 Å². The quantitative estimate of drug-likeness (QED) is 0.841. The molecule has 0 aromatic carbocycles. The normalized spacial score (nSPS) is 19.1. The Balaban J connectivity index is 1.71. The summed E-state index contributed by atoms with van der Waals surface area (Å²) in [5.41, 5.74) is 5.58. The molecule has 2 rings (SSSR count). The second kappa shape index (κ2) is 5.34. The van der Waals surface area contributed by atoms with Crippen molar-refractivity contribution in [3.63, 3.8) is 0 Å². The van der Waals surface area contributed by atoms with Crippen molar-refractivity contribution in [3.05, 3.63) is 12.3 Å². The van der Waals surface area contributed by atoms with E-state index in [1.807, 2.05) is 16.9 Å². The standard InChI is InChI=1S/C12H22N4/c1-2-11-3-6-15(7-4-11)9-10-16-8-5-12(13)14-16/h5,8,11H,2-4,6-7,9-10H2,1H3,(H2,13,14). The highest BCUT2D eigenvalue weighted by Crippen LogP contribution is 2.19. The van der Waals surface area contributed by atoms with Crippen LogP contribution >= 0.6 is 0 Å². The molecule has 0 saturated carbocycles. The number of rotatable bonds is 4. The topological polar surface area (TPSA) is 47.1 Å². The first-order valence-corrected chi connectivity index (χ1v) is 6.29. The van der Waals surface area contributed by atoms with E-state index in [-0.39, 0.29) is 0 Å². The van der Waals surface area contributed by atoms with Gasteiger partial charge in [-0.05, 0) is 37.9 Å². The molecule has 0 amide bonds. The smallest absolute Gasteiger partial charge is 0.145 e. The minimum absolute atomic E-state index is 0.615. The predicted octanol–water partition coefficient (Wildman–Crippen LogP) is 1.59. The van der Waals surface area contributed by atoms with Crippen molar-refractivity contribution in [1.29, 1.82) is 0 Å². The number of piperidine rings is 1. The van der Waals surface area contributed by atoms with Crippen LogP contribution in [0.25, 0.3) is 0 Å². The Kier molecular flexibility index (Phi) is 3.83. The van der Waals surface area contributed by atoms with Crippen molar-refractivity contribution in [3.8, 4) is 0 Å². The summed E-state index contributed by atoms with van der Waals surface area (Å²) in [7, 11) is 0. The second-order valence-electron chi connectivity index (χ2n) is 4.70. The Morgan fingerprint density at radius 1 is 1.38 bits per heavy atom. The molecule has 4 heteroatoms. The number of nitrogens with zero attached hydrogens (tertiary/aromatic N) is 3. The van der Waals surface area contributed by atoms with Gasteiger partial charge < -0.3 is 10.6 Å². The molecule has 0 unspecified atom stereocenters. The van der Waals surface area contributed by atoms with E-state index in [4.69, 9.17) is 5.73 Å². The lowest BCUT2D eigenvalue weighted by Crippen LogP contribution is -2.35. The van der Waals surface area contributed by atoms with E-state index in [1.165, 1.54) is 32.4 Å². The summed E-state index contributed by atoms with van der Waals surface area (Å²) in [6, 6.07) is 1.85. The van der Waals surface area contributed by atoms with Gasteiger partial charge in [-0.3, -0.25) is 4.68 Å². The number of hydrogen-bond acceptors (Lipinski definition) is 3. The molecule has 0 radical (unpaired) electrons. The molecule has 1 aromatic heterocycles. The molecule has 1 saturated heterocycles. The fraction of sp³-hybridized carbons (Fsp3) is 0.750. The molecule has 1 aliphatic rings. The molecular weight excluding hydrogens is 200 g/mol. The number of aromatic nitrogens is 2. The van der Waals surface area contributed by atoms with Gasteiger partial charge in [-0.15, -0.1) is 0 Å². The van der Waals surface area contributed by atoms with E-state index in [0.29, 0.717) is 5.82 Å². The Bertz CT molecular complexity index is 313. The van der Waals surface area contributed by atoms with Gasteiger partial charge in [-0.25, -0.2) is 0 Å². The van der Waals surface area contributed by atoms with Gasteiger partial charge in [0.2, 0.25) is 0 Å². The molecule has 0 bridgehead atoms. The maximum Gasteiger partial charge on any atom is 0.145 e. The van der Waals surface area contributed by atoms with Crippen molar-refractivity contribution in [2.75, 3.05) is 25.4 Å². The Morgan fingerprint density at radius 3 is 2.69 bits per heavy atom. The van der Waals surface area contributed by atoms with Gasteiger partial charge in [0.15, 0.2) is 0 Å². The highest BCUT2D eigenvalue weighted by atomic mass is 15.3. The summed E-state index contributed by atoms with van der Waals surface area (Å²) in [6.45, 7) is 6.84. The molecule has 1 aromatic rings. The van der Waals surface area contributed by atoms with Crippen LogP contribution in [0.15, 0.2) is 12.3 Å². The predicted molar refractivity (Wildman–Crippen MR) is 66.1 cm³/mol. The highest BCUT2D eigenvalue weighted by molar-refractivity contribution is 5.23. The van der Waals surface area contributed by atoms with Crippen LogP contribution in [0.3, 0.4) is 0 Å². The maximum absolute atomic E-state index is 5.58. The van der Waals surface area contributed by atoms with Crippen LogP contribution in [0, 0.1) is 5.92 Å². The highest BCUT2D eigenvalue weighted by Gasteiger charge is 2.17. The third kappa shape index (κ3) is 2.98. The van der Waals surface area contributed by atoms with Gasteiger partial charge in [0, 0.05) is 12.7 Å².